The van der Waals surface area contributed by atoms with Crippen LogP contribution in [0.2, 0.25) is 0 Å². The minimum absolute atomic E-state index is 0.0760. The van der Waals surface area contributed by atoms with Gasteiger partial charge in [0.25, 0.3) is 0 Å². The van der Waals surface area contributed by atoms with Gasteiger partial charge in [-0.3, -0.25) is 9.59 Å². The quantitative estimate of drug-likeness (QED) is 0.0756. The molecule has 0 radical (unpaired) electrons. The van der Waals surface area contributed by atoms with E-state index >= 15 is 0 Å². The van der Waals surface area contributed by atoms with Crippen LogP contribution < -0.4 is 9.47 Å². The van der Waals surface area contributed by atoms with Crippen LogP contribution in [-0.2, 0) is 38.1 Å². The van der Waals surface area contributed by atoms with Crippen LogP contribution in [0.15, 0.2) is 73.8 Å². The third-order valence-corrected chi connectivity index (χ3v) is 10.2. The van der Waals surface area contributed by atoms with Crippen molar-refractivity contribution in [2.75, 3.05) is 26.4 Å². The van der Waals surface area contributed by atoms with Crippen LogP contribution in [0.3, 0.4) is 0 Å². The van der Waals surface area contributed by atoms with Crippen molar-refractivity contribution in [2.45, 2.75) is 96.7 Å². The molecule has 4 rings (SSSR count). The second kappa shape index (κ2) is 21.8. The Kier molecular flexibility index (Phi) is 16.9. The van der Waals surface area contributed by atoms with E-state index in [2.05, 4.69) is 13.2 Å². The summed E-state index contributed by atoms with van der Waals surface area (Å²) < 4.78 is 33.4. The molecule has 2 fully saturated rings. The number of hydrogen-bond donors (Lipinski definition) is 0. The maximum absolute atomic E-state index is 12.9. The molecule has 2 atom stereocenters. The summed E-state index contributed by atoms with van der Waals surface area (Å²) in [6, 6.07) is 15.1. The average Bonchev–Trinajstić information content (AvgIpc) is 3.16. The molecular weight excluding hydrogens is 676 g/mol. The van der Waals surface area contributed by atoms with E-state index < -0.39 is 24.1 Å². The van der Waals surface area contributed by atoms with Crippen molar-refractivity contribution in [3.05, 3.63) is 85.0 Å². The molecular formula is C43H56O10. The molecule has 0 aromatic heterocycles. The van der Waals surface area contributed by atoms with Crippen molar-refractivity contribution in [3.63, 3.8) is 0 Å². The fourth-order valence-electron chi connectivity index (χ4n) is 7.10. The molecule has 2 aromatic rings. The van der Waals surface area contributed by atoms with E-state index in [-0.39, 0.29) is 50.2 Å². The smallest absolute Gasteiger partial charge is 0.330 e. The van der Waals surface area contributed by atoms with Crippen molar-refractivity contribution >= 4 is 23.9 Å². The molecule has 2 saturated carbocycles. The topological polar surface area (TPSA) is 124 Å². The number of benzene rings is 2. The first-order valence-electron chi connectivity index (χ1n) is 18.9. The van der Waals surface area contributed by atoms with E-state index in [0.29, 0.717) is 36.2 Å². The molecule has 0 N–H and O–H groups in total. The van der Waals surface area contributed by atoms with Gasteiger partial charge in [-0.1, -0.05) is 74.2 Å². The third-order valence-electron chi connectivity index (χ3n) is 10.2. The SMILES string of the molecule is C=CC(=O)OCC(COc1ccc(C)cc1)OC(=O)CC1CCC(CC2CCC(CC(=O)OC(COC(=O)C=C)COc3ccc(C)cc3)CC2)CC1. The summed E-state index contributed by atoms with van der Waals surface area (Å²) in [4.78, 5) is 49.2. The van der Waals surface area contributed by atoms with E-state index in [0.717, 1.165) is 74.6 Å². The number of hydrogen-bond acceptors (Lipinski definition) is 10. The summed E-state index contributed by atoms with van der Waals surface area (Å²) in [6.07, 6.45) is 10.8. The summed E-state index contributed by atoms with van der Waals surface area (Å²) >= 11 is 0. The van der Waals surface area contributed by atoms with Gasteiger partial charge in [-0.05, 0) is 93.9 Å². The van der Waals surface area contributed by atoms with E-state index in [1.807, 2.05) is 62.4 Å². The molecule has 2 aromatic carbocycles. The van der Waals surface area contributed by atoms with Crippen LogP contribution in [0.25, 0.3) is 0 Å². The van der Waals surface area contributed by atoms with Crippen LogP contribution >= 0.6 is 0 Å². The lowest BCUT2D eigenvalue weighted by Crippen LogP contribution is -2.32. The zero-order valence-corrected chi connectivity index (χ0v) is 31.3. The Morgan fingerprint density at radius 1 is 0.566 bits per heavy atom. The van der Waals surface area contributed by atoms with Gasteiger partial charge in [-0.25, -0.2) is 9.59 Å². The predicted molar refractivity (Wildman–Crippen MR) is 200 cm³/mol. The number of carbonyl (C=O) groups is 4. The van der Waals surface area contributed by atoms with Crippen LogP contribution in [0, 0.1) is 37.5 Å². The first-order chi connectivity index (χ1) is 25.6. The molecule has 0 heterocycles. The first kappa shape index (κ1) is 41.2. The number of carbonyl (C=O) groups excluding carboxylic acids is 4. The van der Waals surface area contributed by atoms with E-state index in [1.165, 1.54) is 6.42 Å². The molecule has 0 saturated heterocycles. The second-order valence-corrected chi connectivity index (χ2v) is 14.6. The largest absolute Gasteiger partial charge is 0.490 e. The normalized spacial score (nSPS) is 20.9. The van der Waals surface area contributed by atoms with Gasteiger partial charge in [0, 0.05) is 25.0 Å². The molecule has 10 nitrogen and oxygen atoms in total. The van der Waals surface area contributed by atoms with Crippen LogP contribution in [0.4, 0.5) is 0 Å². The zero-order valence-electron chi connectivity index (χ0n) is 31.3. The van der Waals surface area contributed by atoms with E-state index in [9.17, 15) is 19.2 Å². The molecule has 53 heavy (non-hydrogen) atoms. The molecule has 0 bridgehead atoms. The van der Waals surface area contributed by atoms with Gasteiger partial charge in [0.05, 0.1) is 0 Å². The van der Waals surface area contributed by atoms with Crippen molar-refractivity contribution in [2.24, 2.45) is 23.7 Å². The zero-order chi connectivity index (χ0) is 38.0. The Labute approximate surface area is 314 Å². The minimum atomic E-state index is -0.720. The molecule has 0 aliphatic heterocycles. The Hall–Kier alpha value is -4.60. The highest BCUT2D eigenvalue weighted by Gasteiger charge is 2.30. The molecule has 10 heteroatoms. The van der Waals surface area contributed by atoms with Crippen molar-refractivity contribution in [3.8, 4) is 11.5 Å². The minimum Gasteiger partial charge on any atom is -0.490 e. The molecule has 2 aliphatic carbocycles. The van der Waals surface area contributed by atoms with Crippen LogP contribution in [0.5, 0.6) is 11.5 Å². The maximum atomic E-state index is 12.9. The number of ether oxygens (including phenoxy) is 6. The fraction of sp³-hybridized carbons (Fsp3) is 0.535. The molecule has 0 spiro atoms. The average molecular weight is 733 g/mol. The van der Waals surface area contributed by atoms with Gasteiger partial charge < -0.3 is 28.4 Å². The summed E-state index contributed by atoms with van der Waals surface area (Å²) in [7, 11) is 0. The lowest BCUT2D eigenvalue weighted by molar-refractivity contribution is -0.160. The van der Waals surface area contributed by atoms with Gasteiger partial charge in [0.15, 0.2) is 12.2 Å². The maximum Gasteiger partial charge on any atom is 0.330 e. The third kappa shape index (κ3) is 15.5. The highest BCUT2D eigenvalue weighted by molar-refractivity contribution is 5.81. The van der Waals surface area contributed by atoms with E-state index in [1.54, 1.807) is 0 Å². The molecule has 2 aliphatic rings. The van der Waals surface area contributed by atoms with Gasteiger partial charge in [0.1, 0.15) is 37.9 Å². The monoisotopic (exact) mass is 732 g/mol. The summed E-state index contributed by atoms with van der Waals surface area (Å²) in [5, 5.41) is 0. The Balaban J connectivity index is 1.13. The van der Waals surface area contributed by atoms with Gasteiger partial charge in [-0.2, -0.15) is 0 Å². The summed E-state index contributed by atoms with van der Waals surface area (Å²) in [6.45, 7) is 10.8. The highest BCUT2D eigenvalue weighted by Crippen LogP contribution is 2.40. The second-order valence-electron chi connectivity index (χ2n) is 14.6. The lowest BCUT2D eigenvalue weighted by Gasteiger charge is -2.34. The molecule has 2 unspecified atom stereocenters. The number of rotatable bonds is 20. The Morgan fingerprint density at radius 2 is 0.906 bits per heavy atom. The highest BCUT2D eigenvalue weighted by atomic mass is 16.6. The summed E-state index contributed by atoms with van der Waals surface area (Å²) in [5.41, 5.74) is 2.21. The van der Waals surface area contributed by atoms with Gasteiger partial charge in [0.2, 0.25) is 0 Å². The molecule has 288 valence electrons. The summed E-state index contributed by atoms with van der Waals surface area (Å²) in [5.74, 6) is 1.33. The van der Waals surface area contributed by atoms with Crippen LogP contribution in [-0.4, -0.2) is 62.5 Å². The predicted octanol–water partition coefficient (Wildman–Crippen LogP) is 7.83. The Morgan fingerprint density at radius 3 is 1.25 bits per heavy atom. The van der Waals surface area contributed by atoms with Crippen LogP contribution in [0.1, 0.15) is 81.8 Å². The van der Waals surface area contributed by atoms with Gasteiger partial charge in [-0.15, -0.1) is 0 Å². The van der Waals surface area contributed by atoms with E-state index in [4.69, 9.17) is 28.4 Å². The molecule has 0 amide bonds. The fourth-order valence-corrected chi connectivity index (χ4v) is 7.10. The van der Waals surface area contributed by atoms with Crippen molar-refractivity contribution < 1.29 is 47.6 Å². The number of aryl methyl sites for hydroxylation is 2. The van der Waals surface area contributed by atoms with Gasteiger partial charge >= 0.3 is 23.9 Å². The number of esters is 4. The van der Waals surface area contributed by atoms with Crippen molar-refractivity contribution in [1.82, 2.24) is 0 Å². The first-order valence-corrected chi connectivity index (χ1v) is 18.9. The lowest BCUT2D eigenvalue weighted by atomic mass is 9.72. The van der Waals surface area contributed by atoms with Crippen molar-refractivity contribution in [1.29, 1.82) is 0 Å². The Bertz CT molecular complexity index is 1360. The standard InChI is InChI=1S/C43H56O10/c1-5-40(44)50-28-38(26-48-36-19-7-30(3)8-20-36)52-42(46)24-34-15-11-32(12-16-34)23-33-13-17-35(18-14-33)25-43(47)53-39(29-51-41(45)6-2)27-49-37-21-9-31(4)10-22-37/h5-10,19-22,32-35,38-39H,1-2,11-18,23-29H2,3-4H3.